The van der Waals surface area contributed by atoms with Crippen LogP contribution in [0.3, 0.4) is 0 Å². The molecule has 27 heavy (non-hydrogen) atoms. The van der Waals surface area contributed by atoms with E-state index in [9.17, 15) is 19.8 Å². The number of anilines is 1. The van der Waals surface area contributed by atoms with E-state index in [1.165, 1.54) is 6.20 Å². The van der Waals surface area contributed by atoms with Crippen LogP contribution in [0.2, 0.25) is 0 Å². The third kappa shape index (κ3) is 3.20. The molecule has 1 aromatic carbocycles. The molecule has 0 saturated carbocycles. The minimum atomic E-state index is -1.32. The Balaban J connectivity index is 2.24. The van der Waals surface area contributed by atoms with Crippen LogP contribution in [0.5, 0.6) is 0 Å². The van der Waals surface area contributed by atoms with Crippen molar-refractivity contribution in [3.63, 3.8) is 0 Å². The maximum Gasteiger partial charge on any atom is 0.341 e. The van der Waals surface area contributed by atoms with Crippen LogP contribution in [0, 0.1) is 18.7 Å². The second-order valence-corrected chi connectivity index (χ2v) is 7.16. The molecule has 0 amide bonds. The normalized spacial score (nSPS) is 20.3. The molecule has 146 valence electrons. The van der Waals surface area contributed by atoms with E-state index in [2.05, 4.69) is 0 Å². The summed E-state index contributed by atoms with van der Waals surface area (Å²) in [6, 6.07) is 1.16. The molecule has 0 bridgehead atoms. The molecule has 0 spiro atoms. The van der Waals surface area contributed by atoms with Crippen molar-refractivity contribution in [1.82, 2.24) is 4.57 Å². The third-order valence-corrected chi connectivity index (χ3v) is 5.63. The summed E-state index contributed by atoms with van der Waals surface area (Å²) >= 11 is 0. The fraction of sp³-hybridized carbons (Fsp3) is 0.500. The molecule has 0 aliphatic carbocycles. The van der Waals surface area contributed by atoms with Gasteiger partial charge in [0.15, 0.2) is 0 Å². The predicted octanol–water partition coefficient (Wildman–Crippen LogP) is 2.76. The van der Waals surface area contributed by atoms with Gasteiger partial charge in [-0.05, 0) is 38.3 Å². The maximum atomic E-state index is 15.0. The van der Waals surface area contributed by atoms with Gasteiger partial charge in [0, 0.05) is 37.1 Å². The zero-order valence-corrected chi connectivity index (χ0v) is 15.8. The van der Waals surface area contributed by atoms with Crippen LogP contribution < -0.4 is 10.3 Å². The lowest BCUT2D eigenvalue weighted by molar-refractivity contribution is 0.0694. The molecule has 2 heterocycles. The Kier molecular flexibility index (Phi) is 5.24. The SMILES string of the molecule is CC[C@@H]1CN(c2c(F)cc3c(=O)c(C(=O)O)cn(CC)c3c2C)CC[C@H]1O. The van der Waals surface area contributed by atoms with E-state index in [1.54, 1.807) is 11.5 Å². The van der Waals surface area contributed by atoms with Gasteiger partial charge in [-0.15, -0.1) is 0 Å². The molecule has 0 radical (unpaired) electrons. The Bertz CT molecular complexity index is 953. The molecule has 6 nitrogen and oxygen atoms in total. The van der Waals surface area contributed by atoms with Crippen molar-refractivity contribution in [3.8, 4) is 0 Å². The van der Waals surface area contributed by atoms with E-state index < -0.39 is 17.2 Å². The molecular formula is C20H25FN2O4. The van der Waals surface area contributed by atoms with Gasteiger partial charge in [-0.3, -0.25) is 4.79 Å². The number of fused-ring (bicyclic) bond motifs is 1. The largest absolute Gasteiger partial charge is 0.477 e. The van der Waals surface area contributed by atoms with Gasteiger partial charge in [0.1, 0.15) is 11.4 Å². The van der Waals surface area contributed by atoms with Crippen molar-refractivity contribution in [2.24, 2.45) is 5.92 Å². The zero-order valence-electron chi connectivity index (χ0n) is 15.8. The molecule has 2 N–H and O–H groups in total. The Morgan fingerprint density at radius 1 is 1.37 bits per heavy atom. The number of hydrogen-bond donors (Lipinski definition) is 2. The summed E-state index contributed by atoms with van der Waals surface area (Å²) in [5, 5.41) is 19.5. The van der Waals surface area contributed by atoms with Crippen LogP contribution >= 0.6 is 0 Å². The number of rotatable bonds is 4. The summed E-state index contributed by atoms with van der Waals surface area (Å²) in [6.45, 7) is 7.15. The van der Waals surface area contributed by atoms with E-state index in [4.69, 9.17) is 0 Å². The highest BCUT2D eigenvalue weighted by atomic mass is 19.1. The van der Waals surface area contributed by atoms with Crippen molar-refractivity contribution in [3.05, 3.63) is 39.4 Å². The molecule has 1 aliphatic heterocycles. The van der Waals surface area contributed by atoms with Crippen LogP contribution in [0.25, 0.3) is 10.9 Å². The Labute approximate surface area is 156 Å². The van der Waals surface area contributed by atoms with Crippen LogP contribution in [-0.2, 0) is 6.54 Å². The monoisotopic (exact) mass is 376 g/mol. The number of nitrogens with zero attached hydrogens (tertiary/aromatic N) is 2. The molecule has 7 heteroatoms. The number of hydrogen-bond acceptors (Lipinski definition) is 4. The van der Waals surface area contributed by atoms with Gasteiger partial charge in [0.25, 0.3) is 0 Å². The highest BCUT2D eigenvalue weighted by molar-refractivity contribution is 5.95. The summed E-state index contributed by atoms with van der Waals surface area (Å²) in [5.74, 6) is -1.79. The standard InChI is InChI=1S/C20H25FN2O4/c1-4-12-9-23(7-6-16(12)24)18-11(3)17-13(8-15(18)21)19(25)14(20(26)27)10-22(17)5-2/h8,10,12,16,24H,4-7,9H2,1-3H3,(H,26,27)/t12-,16-/m1/s1. The Morgan fingerprint density at radius 2 is 2.07 bits per heavy atom. The second kappa shape index (κ2) is 7.31. The van der Waals surface area contributed by atoms with Crippen LogP contribution in [0.1, 0.15) is 42.6 Å². The van der Waals surface area contributed by atoms with Gasteiger partial charge >= 0.3 is 5.97 Å². The minimum absolute atomic E-state index is 0.0657. The predicted molar refractivity (Wildman–Crippen MR) is 102 cm³/mol. The number of aliphatic hydroxyl groups excluding tert-OH is 1. The lowest BCUT2D eigenvalue weighted by atomic mass is 9.91. The third-order valence-electron chi connectivity index (χ3n) is 5.63. The van der Waals surface area contributed by atoms with Crippen molar-refractivity contribution >= 4 is 22.6 Å². The minimum Gasteiger partial charge on any atom is -0.477 e. The highest BCUT2D eigenvalue weighted by Gasteiger charge is 2.30. The zero-order chi connectivity index (χ0) is 19.9. The van der Waals surface area contributed by atoms with Gasteiger partial charge in [0.05, 0.1) is 17.3 Å². The summed E-state index contributed by atoms with van der Waals surface area (Å²) in [5.41, 5.74) is 0.576. The van der Waals surface area contributed by atoms with Crippen molar-refractivity contribution < 1.29 is 19.4 Å². The number of carboxylic acids is 1. The van der Waals surface area contributed by atoms with Gasteiger partial charge in [-0.1, -0.05) is 6.92 Å². The van der Waals surface area contributed by atoms with E-state index in [0.717, 1.165) is 12.5 Å². The summed E-state index contributed by atoms with van der Waals surface area (Å²) < 4.78 is 16.7. The average Bonchev–Trinajstić information content (AvgIpc) is 2.63. The van der Waals surface area contributed by atoms with E-state index in [1.807, 2.05) is 18.7 Å². The molecule has 0 unspecified atom stereocenters. The first-order valence-corrected chi connectivity index (χ1v) is 9.32. The van der Waals surface area contributed by atoms with Crippen LogP contribution in [0.15, 0.2) is 17.1 Å². The molecule has 1 aromatic heterocycles. The summed E-state index contributed by atoms with van der Waals surface area (Å²) in [7, 11) is 0. The Hall–Kier alpha value is -2.41. The molecule has 1 saturated heterocycles. The Morgan fingerprint density at radius 3 is 2.67 bits per heavy atom. The maximum absolute atomic E-state index is 15.0. The molecule has 1 aliphatic rings. The number of carboxylic acid groups (broad SMARTS) is 1. The lowest BCUT2D eigenvalue weighted by Gasteiger charge is -2.38. The number of aliphatic hydroxyl groups is 1. The number of halogens is 1. The number of aromatic carboxylic acids is 1. The van der Waals surface area contributed by atoms with Crippen molar-refractivity contribution in [1.29, 1.82) is 0 Å². The number of aryl methyl sites for hydroxylation is 2. The molecule has 2 aromatic rings. The summed E-state index contributed by atoms with van der Waals surface area (Å²) in [4.78, 5) is 25.9. The second-order valence-electron chi connectivity index (χ2n) is 7.16. The average molecular weight is 376 g/mol. The molecule has 2 atom stereocenters. The van der Waals surface area contributed by atoms with Gasteiger partial charge in [-0.25, -0.2) is 9.18 Å². The molecule has 1 fully saturated rings. The highest BCUT2D eigenvalue weighted by Crippen LogP contribution is 2.34. The first kappa shape index (κ1) is 19.4. The van der Waals surface area contributed by atoms with Gasteiger partial charge in [0.2, 0.25) is 5.43 Å². The molecular weight excluding hydrogens is 351 g/mol. The number of aromatic nitrogens is 1. The smallest absolute Gasteiger partial charge is 0.341 e. The number of pyridine rings is 1. The topological polar surface area (TPSA) is 82.8 Å². The first-order valence-electron chi connectivity index (χ1n) is 9.32. The first-order chi connectivity index (χ1) is 12.8. The van der Waals surface area contributed by atoms with E-state index in [-0.39, 0.29) is 23.0 Å². The van der Waals surface area contributed by atoms with Crippen LogP contribution in [-0.4, -0.2) is 39.9 Å². The van der Waals surface area contributed by atoms with E-state index in [0.29, 0.717) is 42.8 Å². The fourth-order valence-corrected chi connectivity index (χ4v) is 4.14. The van der Waals surface area contributed by atoms with E-state index >= 15 is 4.39 Å². The number of benzene rings is 1. The number of carbonyl (C=O) groups is 1. The molecule has 3 rings (SSSR count). The lowest BCUT2D eigenvalue weighted by Crippen LogP contribution is -2.43. The number of piperidine rings is 1. The van der Waals surface area contributed by atoms with Crippen LogP contribution in [0.4, 0.5) is 10.1 Å². The van der Waals surface area contributed by atoms with Gasteiger partial charge < -0.3 is 19.7 Å². The van der Waals surface area contributed by atoms with Crippen molar-refractivity contribution in [2.75, 3.05) is 18.0 Å². The summed E-state index contributed by atoms with van der Waals surface area (Å²) in [6.07, 6.45) is 2.31. The van der Waals surface area contributed by atoms with Crippen molar-refractivity contribution in [2.45, 2.75) is 46.3 Å². The fourth-order valence-electron chi connectivity index (χ4n) is 4.14. The van der Waals surface area contributed by atoms with Gasteiger partial charge in [-0.2, -0.15) is 0 Å². The quantitative estimate of drug-likeness (QED) is 0.857.